The maximum absolute atomic E-state index is 13.5. The van der Waals surface area contributed by atoms with E-state index >= 15 is 0 Å². The van der Waals surface area contributed by atoms with Crippen LogP contribution in [0.15, 0.2) is 43.0 Å². The van der Waals surface area contributed by atoms with Crippen LogP contribution in [0.2, 0.25) is 0 Å². The van der Waals surface area contributed by atoms with E-state index in [1.165, 1.54) is 22.9 Å². The first-order chi connectivity index (χ1) is 16.9. The minimum Gasteiger partial charge on any atom is -0.459 e. The van der Waals surface area contributed by atoms with Crippen molar-refractivity contribution in [3.8, 4) is 0 Å². The summed E-state index contributed by atoms with van der Waals surface area (Å²) in [4.78, 5) is 54.4. The van der Waals surface area contributed by atoms with Crippen LogP contribution in [0.4, 0.5) is 4.79 Å². The second-order valence-corrected chi connectivity index (χ2v) is 10.1. The van der Waals surface area contributed by atoms with E-state index < -0.39 is 41.7 Å². The molecule has 2 rings (SSSR count). The summed E-state index contributed by atoms with van der Waals surface area (Å²) in [6.07, 6.45) is 2.18. The van der Waals surface area contributed by atoms with E-state index in [0.717, 1.165) is 5.56 Å². The number of hydrogen-bond acceptors (Lipinski definition) is 6. The first kappa shape index (κ1) is 28.9. The molecule has 9 nitrogen and oxygen atoms in total. The van der Waals surface area contributed by atoms with E-state index in [4.69, 9.17) is 9.47 Å². The van der Waals surface area contributed by atoms with Gasteiger partial charge >= 0.3 is 12.1 Å². The van der Waals surface area contributed by atoms with Crippen LogP contribution in [0.25, 0.3) is 0 Å². The third kappa shape index (κ3) is 7.83. The van der Waals surface area contributed by atoms with Gasteiger partial charge in [-0.1, -0.05) is 36.4 Å². The molecule has 4 atom stereocenters. The summed E-state index contributed by atoms with van der Waals surface area (Å²) >= 11 is 0. The molecule has 198 valence electrons. The molecule has 1 fully saturated rings. The first-order valence-electron chi connectivity index (χ1n) is 12.3. The number of ether oxygens (including phenoxy) is 2. The Labute approximate surface area is 213 Å². The number of likely N-dealkylation sites (N-methyl/N-ethyl adjacent to an activating group) is 1. The maximum atomic E-state index is 13.5. The zero-order chi connectivity index (χ0) is 27.0. The summed E-state index contributed by atoms with van der Waals surface area (Å²) in [7, 11) is 1.46. The lowest BCUT2D eigenvalue weighted by atomic mass is 10.1. The number of carbonyl (C=O) groups excluding carboxylic acids is 4. The summed E-state index contributed by atoms with van der Waals surface area (Å²) in [5, 5.41) is 2.73. The number of rotatable bonds is 9. The standard InChI is InChI=1S/C27H39N3O6/c1-8-12-21(28-23(31)19(3)29(7)26(34)36-27(4,5)6)24(32)30-18(2)15-16-22(30)25(33)35-17-20-13-10-9-11-14-20/h8-11,13-14,18-19,21-22H,1,12,15-17H2,2-7H3,(H,28,31)/t18-,19-,21-,22-/m0/s1. The number of benzene rings is 1. The smallest absolute Gasteiger partial charge is 0.410 e. The fourth-order valence-corrected chi connectivity index (χ4v) is 3.94. The van der Waals surface area contributed by atoms with Crippen molar-refractivity contribution in [2.45, 2.75) is 90.3 Å². The molecule has 0 aromatic heterocycles. The Kier molecular flexibility index (Phi) is 10.1. The maximum Gasteiger partial charge on any atom is 0.410 e. The molecule has 0 saturated carbocycles. The predicted molar refractivity (Wildman–Crippen MR) is 136 cm³/mol. The lowest BCUT2D eigenvalue weighted by Gasteiger charge is -2.32. The molecule has 1 saturated heterocycles. The third-order valence-corrected chi connectivity index (χ3v) is 6.08. The number of esters is 1. The summed E-state index contributed by atoms with van der Waals surface area (Å²) in [5.41, 5.74) is 0.147. The zero-order valence-electron chi connectivity index (χ0n) is 22.2. The molecule has 1 aromatic rings. The highest BCUT2D eigenvalue weighted by molar-refractivity contribution is 5.93. The molecule has 0 unspecified atom stereocenters. The molecule has 1 aliphatic heterocycles. The molecular weight excluding hydrogens is 462 g/mol. The summed E-state index contributed by atoms with van der Waals surface area (Å²) in [5.74, 6) is -1.38. The molecule has 1 aliphatic rings. The highest BCUT2D eigenvalue weighted by atomic mass is 16.6. The predicted octanol–water partition coefficient (Wildman–Crippen LogP) is 3.43. The van der Waals surface area contributed by atoms with Crippen LogP contribution in [-0.4, -0.2) is 70.5 Å². The van der Waals surface area contributed by atoms with Gasteiger partial charge in [0.1, 0.15) is 30.3 Å². The fourth-order valence-electron chi connectivity index (χ4n) is 3.94. The lowest BCUT2D eigenvalue weighted by Crippen LogP contribution is -2.56. The normalized spacial score (nSPS) is 19.1. The Hall–Kier alpha value is -3.36. The summed E-state index contributed by atoms with van der Waals surface area (Å²) in [6, 6.07) is 6.57. The number of carbonyl (C=O) groups is 4. The first-order valence-corrected chi connectivity index (χ1v) is 12.3. The van der Waals surface area contributed by atoms with Crippen molar-refractivity contribution in [2.75, 3.05) is 7.05 Å². The Morgan fingerprint density at radius 2 is 1.83 bits per heavy atom. The van der Waals surface area contributed by atoms with E-state index in [1.54, 1.807) is 27.7 Å². The van der Waals surface area contributed by atoms with Gasteiger partial charge in [-0.25, -0.2) is 9.59 Å². The largest absolute Gasteiger partial charge is 0.459 e. The van der Waals surface area contributed by atoms with Crippen molar-refractivity contribution < 1.29 is 28.7 Å². The van der Waals surface area contributed by atoms with E-state index in [1.807, 2.05) is 37.3 Å². The molecule has 0 spiro atoms. The van der Waals surface area contributed by atoms with E-state index in [9.17, 15) is 19.2 Å². The second kappa shape index (κ2) is 12.6. The van der Waals surface area contributed by atoms with Crippen LogP contribution in [0, 0.1) is 0 Å². The van der Waals surface area contributed by atoms with E-state index in [2.05, 4.69) is 11.9 Å². The highest BCUT2D eigenvalue weighted by Crippen LogP contribution is 2.27. The Balaban J connectivity index is 2.09. The van der Waals surface area contributed by atoms with Gasteiger partial charge in [-0.3, -0.25) is 14.5 Å². The molecule has 0 bridgehead atoms. The van der Waals surface area contributed by atoms with Crippen molar-refractivity contribution in [1.29, 1.82) is 0 Å². The number of likely N-dealkylation sites (tertiary alicyclic amines) is 1. The van der Waals surface area contributed by atoms with Crippen molar-refractivity contribution in [1.82, 2.24) is 15.1 Å². The molecule has 36 heavy (non-hydrogen) atoms. The quantitative estimate of drug-likeness (QED) is 0.411. The number of amides is 3. The molecule has 1 aromatic carbocycles. The molecule has 1 heterocycles. The van der Waals surface area contributed by atoms with Gasteiger partial charge in [0.05, 0.1) is 0 Å². The second-order valence-electron chi connectivity index (χ2n) is 10.1. The van der Waals surface area contributed by atoms with Gasteiger partial charge in [0.15, 0.2) is 0 Å². The van der Waals surface area contributed by atoms with Gasteiger partial charge in [-0.15, -0.1) is 6.58 Å². The topological polar surface area (TPSA) is 105 Å². The van der Waals surface area contributed by atoms with Crippen LogP contribution in [-0.2, 0) is 30.5 Å². The number of nitrogens with one attached hydrogen (secondary N) is 1. The SMILES string of the molecule is C=CC[C@H](NC(=O)[C@H](C)N(C)C(=O)OC(C)(C)C)C(=O)N1[C@@H](C)CC[C@H]1C(=O)OCc1ccccc1. The average molecular weight is 502 g/mol. The van der Waals surface area contributed by atoms with Crippen molar-refractivity contribution in [2.24, 2.45) is 0 Å². The fraction of sp³-hybridized carbons (Fsp3) is 0.556. The van der Waals surface area contributed by atoms with Crippen LogP contribution in [0.1, 0.15) is 59.4 Å². The van der Waals surface area contributed by atoms with Gasteiger partial charge in [0, 0.05) is 13.1 Å². The minimum atomic E-state index is -0.936. The van der Waals surface area contributed by atoms with Crippen molar-refractivity contribution in [3.05, 3.63) is 48.6 Å². The Morgan fingerprint density at radius 1 is 1.19 bits per heavy atom. The van der Waals surface area contributed by atoms with Crippen LogP contribution < -0.4 is 5.32 Å². The molecule has 3 amide bonds. The van der Waals surface area contributed by atoms with Gasteiger partial charge in [-0.2, -0.15) is 0 Å². The molecular formula is C27H39N3O6. The Bertz CT molecular complexity index is 943. The molecule has 1 N–H and O–H groups in total. The monoisotopic (exact) mass is 501 g/mol. The van der Waals surface area contributed by atoms with Gasteiger partial charge in [0.2, 0.25) is 11.8 Å². The van der Waals surface area contributed by atoms with Crippen LogP contribution in [0.3, 0.4) is 0 Å². The molecule has 9 heteroatoms. The highest BCUT2D eigenvalue weighted by Gasteiger charge is 2.42. The zero-order valence-corrected chi connectivity index (χ0v) is 22.2. The molecule has 0 radical (unpaired) electrons. The summed E-state index contributed by atoms with van der Waals surface area (Å²) in [6.45, 7) is 12.5. The Morgan fingerprint density at radius 3 is 2.42 bits per heavy atom. The average Bonchev–Trinajstić information content (AvgIpc) is 3.21. The van der Waals surface area contributed by atoms with Gasteiger partial charge in [-0.05, 0) is 59.4 Å². The minimum absolute atomic E-state index is 0.119. The van der Waals surface area contributed by atoms with Gasteiger partial charge in [0.25, 0.3) is 0 Å². The third-order valence-electron chi connectivity index (χ3n) is 6.08. The van der Waals surface area contributed by atoms with Gasteiger partial charge < -0.3 is 19.7 Å². The summed E-state index contributed by atoms with van der Waals surface area (Å²) < 4.78 is 10.8. The van der Waals surface area contributed by atoms with Crippen molar-refractivity contribution >= 4 is 23.9 Å². The van der Waals surface area contributed by atoms with E-state index in [-0.39, 0.29) is 25.0 Å². The van der Waals surface area contributed by atoms with Crippen LogP contribution in [0.5, 0.6) is 0 Å². The number of nitrogens with zero attached hydrogens (tertiary/aromatic N) is 2. The number of hydrogen-bond donors (Lipinski definition) is 1. The lowest BCUT2D eigenvalue weighted by molar-refractivity contribution is -0.156. The van der Waals surface area contributed by atoms with E-state index in [0.29, 0.717) is 12.8 Å². The van der Waals surface area contributed by atoms with Crippen molar-refractivity contribution in [3.63, 3.8) is 0 Å². The molecule has 0 aliphatic carbocycles. The van der Waals surface area contributed by atoms with Crippen LogP contribution >= 0.6 is 0 Å².